The number of para-hydroxylation sites is 1. The fourth-order valence-corrected chi connectivity index (χ4v) is 5.56. The number of benzene rings is 3. The first-order valence-electron chi connectivity index (χ1n) is 12.5. The van der Waals surface area contributed by atoms with E-state index in [4.69, 9.17) is 9.47 Å². The number of esters is 1. The van der Waals surface area contributed by atoms with Crippen molar-refractivity contribution in [2.24, 2.45) is 4.99 Å². The van der Waals surface area contributed by atoms with E-state index in [2.05, 4.69) is 11.1 Å². The zero-order valence-electron chi connectivity index (χ0n) is 21.5. The van der Waals surface area contributed by atoms with Crippen LogP contribution in [-0.2, 0) is 16.1 Å². The van der Waals surface area contributed by atoms with Gasteiger partial charge in [0.05, 0.1) is 40.1 Å². The van der Waals surface area contributed by atoms with Crippen LogP contribution in [0.4, 0.5) is 0 Å². The Balaban J connectivity index is 1.59. The molecule has 0 aliphatic carbocycles. The van der Waals surface area contributed by atoms with Crippen molar-refractivity contribution in [2.45, 2.75) is 26.5 Å². The molecule has 0 unspecified atom stereocenters. The average molecular weight is 536 g/mol. The third kappa shape index (κ3) is 5.17. The summed E-state index contributed by atoms with van der Waals surface area (Å²) in [5.41, 5.74) is 3.46. The molecular weight excluding hydrogens is 510 g/mol. The Kier molecular flexibility index (Phi) is 7.53. The molecule has 1 aliphatic heterocycles. The molecular formula is C31H25N3O4S. The fourth-order valence-electron chi connectivity index (χ4n) is 4.53. The highest BCUT2D eigenvalue weighted by Gasteiger charge is 2.33. The summed E-state index contributed by atoms with van der Waals surface area (Å²) in [7, 11) is 0. The lowest BCUT2D eigenvalue weighted by Gasteiger charge is -2.24. The lowest BCUT2D eigenvalue weighted by Crippen LogP contribution is -2.39. The number of hydrogen-bond donors (Lipinski definition) is 0. The zero-order chi connectivity index (χ0) is 27.4. The molecule has 194 valence electrons. The van der Waals surface area contributed by atoms with E-state index in [0.717, 1.165) is 16.7 Å². The van der Waals surface area contributed by atoms with Crippen LogP contribution >= 0.6 is 11.3 Å². The van der Waals surface area contributed by atoms with Crippen LogP contribution in [0.15, 0.2) is 99.9 Å². The summed E-state index contributed by atoms with van der Waals surface area (Å²) in [5, 5.41) is 9.39. The minimum atomic E-state index is -0.655. The summed E-state index contributed by atoms with van der Waals surface area (Å²) in [6.07, 6.45) is 1.78. The summed E-state index contributed by atoms with van der Waals surface area (Å²) in [6.45, 7) is 3.95. The van der Waals surface area contributed by atoms with Crippen LogP contribution in [0.25, 0.3) is 6.08 Å². The molecule has 0 bridgehead atoms. The second-order valence-electron chi connectivity index (χ2n) is 8.81. The molecule has 3 aromatic carbocycles. The molecule has 5 rings (SSSR count). The molecule has 0 fully saturated rings. The molecule has 0 saturated heterocycles. The van der Waals surface area contributed by atoms with E-state index in [0.29, 0.717) is 31.9 Å². The van der Waals surface area contributed by atoms with E-state index < -0.39 is 12.0 Å². The second kappa shape index (κ2) is 11.3. The number of ether oxygens (including phenoxy) is 2. The van der Waals surface area contributed by atoms with Crippen molar-refractivity contribution in [1.29, 1.82) is 5.26 Å². The summed E-state index contributed by atoms with van der Waals surface area (Å²) in [5.74, 6) is 0.0948. The van der Waals surface area contributed by atoms with E-state index in [1.54, 1.807) is 30.6 Å². The molecule has 1 aliphatic rings. The van der Waals surface area contributed by atoms with Gasteiger partial charge >= 0.3 is 5.97 Å². The van der Waals surface area contributed by atoms with Crippen molar-refractivity contribution in [3.8, 4) is 11.8 Å². The number of aromatic nitrogens is 1. The Morgan fingerprint density at radius 1 is 1.08 bits per heavy atom. The van der Waals surface area contributed by atoms with Gasteiger partial charge in [-0.15, -0.1) is 0 Å². The Morgan fingerprint density at radius 2 is 1.79 bits per heavy atom. The van der Waals surface area contributed by atoms with Crippen molar-refractivity contribution < 1.29 is 14.3 Å². The maximum Gasteiger partial charge on any atom is 0.338 e. The normalized spacial score (nSPS) is 14.8. The van der Waals surface area contributed by atoms with E-state index >= 15 is 0 Å². The highest BCUT2D eigenvalue weighted by atomic mass is 32.1. The van der Waals surface area contributed by atoms with Gasteiger partial charge in [-0.25, -0.2) is 9.79 Å². The van der Waals surface area contributed by atoms with Gasteiger partial charge < -0.3 is 9.47 Å². The van der Waals surface area contributed by atoms with E-state index in [1.807, 2.05) is 72.8 Å². The van der Waals surface area contributed by atoms with Crippen molar-refractivity contribution in [1.82, 2.24) is 4.57 Å². The van der Waals surface area contributed by atoms with Crippen LogP contribution < -0.4 is 19.6 Å². The van der Waals surface area contributed by atoms with Gasteiger partial charge in [-0.3, -0.25) is 9.36 Å². The van der Waals surface area contributed by atoms with Gasteiger partial charge in [0.2, 0.25) is 0 Å². The lowest BCUT2D eigenvalue weighted by atomic mass is 9.96. The third-order valence-corrected chi connectivity index (χ3v) is 7.34. The molecule has 0 radical (unpaired) electrons. The van der Waals surface area contributed by atoms with Crippen molar-refractivity contribution in [3.05, 3.63) is 132 Å². The number of carbonyl (C=O) groups is 1. The standard InChI is InChI=1S/C31H25N3O4S/c1-3-37-30(36)27-20(2)33-31-34(28(27)21-11-5-4-6-12-21)29(35)26(39-31)17-22-13-9-10-16-25(22)38-19-24-15-8-7-14-23(24)18-32/h4-17,28H,3,19H2,1-2H3/b26-17-/t28-/m1/s1. The fraction of sp³-hybridized carbons (Fsp3) is 0.161. The minimum Gasteiger partial charge on any atom is -0.488 e. The summed E-state index contributed by atoms with van der Waals surface area (Å²) in [6, 6.07) is 25.7. The molecule has 2 heterocycles. The van der Waals surface area contributed by atoms with Crippen molar-refractivity contribution >= 4 is 23.4 Å². The third-order valence-electron chi connectivity index (χ3n) is 6.36. The Morgan fingerprint density at radius 3 is 2.56 bits per heavy atom. The van der Waals surface area contributed by atoms with Crippen LogP contribution in [0.2, 0.25) is 0 Å². The Hall–Kier alpha value is -4.74. The van der Waals surface area contributed by atoms with Crippen LogP contribution in [0.3, 0.4) is 0 Å². The van der Waals surface area contributed by atoms with Gasteiger partial charge in [-0.2, -0.15) is 5.26 Å². The largest absolute Gasteiger partial charge is 0.488 e. The number of allylic oxidation sites excluding steroid dienone is 1. The Bertz CT molecular complexity index is 1800. The van der Waals surface area contributed by atoms with E-state index in [-0.39, 0.29) is 18.8 Å². The van der Waals surface area contributed by atoms with Gasteiger partial charge in [-0.05, 0) is 37.6 Å². The number of fused-ring (bicyclic) bond motifs is 1. The number of nitrogens with zero attached hydrogens (tertiary/aromatic N) is 3. The molecule has 0 saturated carbocycles. The predicted molar refractivity (Wildman–Crippen MR) is 149 cm³/mol. The summed E-state index contributed by atoms with van der Waals surface area (Å²) in [4.78, 5) is 32.0. The molecule has 7 nitrogen and oxygen atoms in total. The number of nitriles is 1. The zero-order valence-corrected chi connectivity index (χ0v) is 22.3. The first-order valence-corrected chi connectivity index (χ1v) is 13.3. The number of carbonyl (C=O) groups excluding carboxylic acids is 1. The Labute approximate surface area is 229 Å². The highest BCUT2D eigenvalue weighted by Crippen LogP contribution is 2.30. The average Bonchev–Trinajstić information content (AvgIpc) is 3.26. The molecule has 4 aromatic rings. The van der Waals surface area contributed by atoms with Gasteiger partial charge in [0.25, 0.3) is 5.56 Å². The van der Waals surface area contributed by atoms with Crippen LogP contribution in [0, 0.1) is 11.3 Å². The summed E-state index contributed by atoms with van der Waals surface area (Å²) < 4.78 is 13.5. The van der Waals surface area contributed by atoms with E-state index in [1.165, 1.54) is 11.3 Å². The molecule has 1 atom stereocenters. The maximum atomic E-state index is 13.8. The lowest BCUT2D eigenvalue weighted by molar-refractivity contribution is -0.139. The molecule has 0 N–H and O–H groups in total. The van der Waals surface area contributed by atoms with Crippen LogP contribution in [0.1, 0.15) is 42.1 Å². The van der Waals surface area contributed by atoms with Gasteiger partial charge in [0.1, 0.15) is 12.4 Å². The van der Waals surface area contributed by atoms with Crippen LogP contribution in [-0.4, -0.2) is 17.1 Å². The maximum absolute atomic E-state index is 13.8. The van der Waals surface area contributed by atoms with Gasteiger partial charge in [0, 0.05) is 11.1 Å². The molecule has 1 aromatic heterocycles. The molecule has 39 heavy (non-hydrogen) atoms. The predicted octanol–water partition coefficient (Wildman–Crippen LogP) is 4.25. The van der Waals surface area contributed by atoms with Gasteiger partial charge in [0.15, 0.2) is 4.80 Å². The topological polar surface area (TPSA) is 93.7 Å². The molecule has 0 spiro atoms. The first-order chi connectivity index (χ1) is 19.0. The molecule has 0 amide bonds. The van der Waals surface area contributed by atoms with Crippen molar-refractivity contribution in [3.63, 3.8) is 0 Å². The van der Waals surface area contributed by atoms with Crippen LogP contribution in [0.5, 0.6) is 5.75 Å². The van der Waals surface area contributed by atoms with E-state index in [9.17, 15) is 14.9 Å². The van der Waals surface area contributed by atoms with Gasteiger partial charge in [-0.1, -0.05) is 78.1 Å². The monoisotopic (exact) mass is 535 g/mol. The second-order valence-corrected chi connectivity index (χ2v) is 9.82. The quantitative estimate of drug-likeness (QED) is 0.330. The SMILES string of the molecule is CCOC(=O)C1=C(C)N=c2s/c(=C\c3ccccc3OCc3ccccc3C#N)c(=O)n2[C@@H]1c1ccccc1. The minimum absolute atomic E-state index is 0.214. The first kappa shape index (κ1) is 25.9. The smallest absolute Gasteiger partial charge is 0.338 e. The number of hydrogen-bond acceptors (Lipinski definition) is 7. The number of rotatable bonds is 7. The molecule has 8 heteroatoms. The number of thiazole rings is 1. The summed E-state index contributed by atoms with van der Waals surface area (Å²) >= 11 is 1.26. The van der Waals surface area contributed by atoms with Crippen molar-refractivity contribution in [2.75, 3.05) is 6.61 Å². The highest BCUT2D eigenvalue weighted by molar-refractivity contribution is 7.07.